The van der Waals surface area contributed by atoms with Crippen LogP contribution in [-0.2, 0) is 9.59 Å². The van der Waals surface area contributed by atoms with Gasteiger partial charge in [0.05, 0.1) is 12.5 Å². The van der Waals surface area contributed by atoms with Crippen LogP contribution in [0.4, 0.5) is 0 Å². The highest BCUT2D eigenvalue weighted by atomic mass is 16.2. The zero-order chi connectivity index (χ0) is 16.8. The van der Waals surface area contributed by atoms with Gasteiger partial charge in [0.2, 0.25) is 11.8 Å². The minimum absolute atomic E-state index is 0.101. The fraction of sp³-hybridized carbons (Fsp3) is 0.556. The van der Waals surface area contributed by atoms with Gasteiger partial charge in [-0.05, 0) is 32.4 Å². The Hall–Kier alpha value is -1.88. The molecule has 2 rings (SSSR count). The molecule has 5 heteroatoms. The first kappa shape index (κ1) is 17.5. The second kappa shape index (κ2) is 8.11. The molecule has 1 aliphatic heterocycles. The van der Waals surface area contributed by atoms with Crippen molar-refractivity contribution in [2.45, 2.75) is 45.2 Å². The van der Waals surface area contributed by atoms with Crippen LogP contribution >= 0.6 is 0 Å². The van der Waals surface area contributed by atoms with Gasteiger partial charge in [-0.1, -0.05) is 29.8 Å². The van der Waals surface area contributed by atoms with Crippen molar-refractivity contribution in [3.05, 3.63) is 35.4 Å². The van der Waals surface area contributed by atoms with Crippen molar-refractivity contribution in [3.63, 3.8) is 0 Å². The Labute approximate surface area is 138 Å². The standard InChI is InChI=1S/C18H27N3O2/c1-13-6-8-15(9-7-13)17(20-14(2)22)11-18(23)21-10-4-5-16(12-21)19-3/h6-9,16-17,19H,4-5,10-12H2,1-3H3,(H,20,22). The van der Waals surface area contributed by atoms with Gasteiger partial charge < -0.3 is 15.5 Å². The van der Waals surface area contributed by atoms with Crippen LogP contribution in [0.5, 0.6) is 0 Å². The number of likely N-dealkylation sites (N-methyl/N-ethyl adjacent to an activating group) is 1. The van der Waals surface area contributed by atoms with Gasteiger partial charge >= 0.3 is 0 Å². The van der Waals surface area contributed by atoms with E-state index in [0.29, 0.717) is 12.5 Å². The minimum Gasteiger partial charge on any atom is -0.349 e. The molecule has 1 heterocycles. The number of aryl methyl sites for hydroxylation is 1. The minimum atomic E-state index is -0.268. The third kappa shape index (κ3) is 5.06. The molecule has 0 aliphatic carbocycles. The maximum Gasteiger partial charge on any atom is 0.225 e. The molecule has 0 radical (unpaired) electrons. The quantitative estimate of drug-likeness (QED) is 0.870. The van der Waals surface area contributed by atoms with Gasteiger partial charge in [-0.15, -0.1) is 0 Å². The summed E-state index contributed by atoms with van der Waals surface area (Å²) in [7, 11) is 1.94. The second-order valence-corrected chi connectivity index (χ2v) is 6.34. The maximum absolute atomic E-state index is 12.6. The molecule has 0 spiro atoms. The number of piperidine rings is 1. The SMILES string of the molecule is CNC1CCCN(C(=O)CC(NC(C)=O)c2ccc(C)cc2)C1. The van der Waals surface area contributed by atoms with E-state index in [1.165, 1.54) is 6.92 Å². The predicted octanol–water partition coefficient (Wildman–Crippen LogP) is 1.77. The summed E-state index contributed by atoms with van der Waals surface area (Å²) >= 11 is 0. The molecule has 1 aliphatic rings. The molecule has 5 nitrogen and oxygen atoms in total. The summed E-state index contributed by atoms with van der Waals surface area (Å²) in [5.74, 6) is -0.0144. The number of likely N-dealkylation sites (tertiary alicyclic amines) is 1. The Balaban J connectivity index is 2.06. The highest BCUT2D eigenvalue weighted by Crippen LogP contribution is 2.20. The van der Waals surface area contributed by atoms with Crippen LogP contribution in [0, 0.1) is 6.92 Å². The van der Waals surface area contributed by atoms with Gasteiger partial charge in [-0.25, -0.2) is 0 Å². The van der Waals surface area contributed by atoms with Crippen molar-refractivity contribution in [2.24, 2.45) is 0 Å². The van der Waals surface area contributed by atoms with E-state index < -0.39 is 0 Å². The van der Waals surface area contributed by atoms with Gasteiger partial charge in [-0.2, -0.15) is 0 Å². The fourth-order valence-electron chi connectivity index (χ4n) is 3.04. The van der Waals surface area contributed by atoms with E-state index in [-0.39, 0.29) is 17.9 Å². The molecule has 2 unspecified atom stereocenters. The number of benzene rings is 1. The van der Waals surface area contributed by atoms with E-state index >= 15 is 0 Å². The zero-order valence-corrected chi connectivity index (χ0v) is 14.3. The molecule has 23 heavy (non-hydrogen) atoms. The van der Waals surface area contributed by atoms with E-state index in [1.54, 1.807) is 0 Å². The summed E-state index contributed by atoms with van der Waals surface area (Å²) in [5.41, 5.74) is 2.14. The van der Waals surface area contributed by atoms with Gasteiger partial charge in [0.1, 0.15) is 0 Å². The van der Waals surface area contributed by atoms with Crippen molar-refractivity contribution >= 4 is 11.8 Å². The molecule has 0 bridgehead atoms. The van der Waals surface area contributed by atoms with Gasteiger partial charge in [0.15, 0.2) is 0 Å². The maximum atomic E-state index is 12.6. The van der Waals surface area contributed by atoms with Gasteiger partial charge in [0.25, 0.3) is 0 Å². The van der Waals surface area contributed by atoms with E-state index in [2.05, 4.69) is 10.6 Å². The first-order chi connectivity index (χ1) is 11.0. The highest BCUT2D eigenvalue weighted by molar-refractivity contribution is 5.79. The third-order valence-electron chi connectivity index (χ3n) is 4.42. The number of hydrogen-bond acceptors (Lipinski definition) is 3. The van der Waals surface area contributed by atoms with Crippen LogP contribution in [0.15, 0.2) is 24.3 Å². The summed E-state index contributed by atoms with van der Waals surface area (Å²) in [6.07, 6.45) is 2.43. The van der Waals surface area contributed by atoms with E-state index in [1.807, 2.05) is 43.1 Å². The molecule has 1 fully saturated rings. The Morgan fingerprint density at radius 3 is 2.61 bits per heavy atom. The number of carbonyl (C=O) groups excluding carboxylic acids is 2. The Kier molecular flexibility index (Phi) is 6.16. The summed E-state index contributed by atoms with van der Waals surface area (Å²) in [6, 6.07) is 8.08. The third-order valence-corrected chi connectivity index (χ3v) is 4.42. The Bertz CT molecular complexity index is 542. The fourth-order valence-corrected chi connectivity index (χ4v) is 3.04. The molecular weight excluding hydrogens is 290 g/mol. The lowest BCUT2D eigenvalue weighted by Gasteiger charge is -2.33. The lowest BCUT2D eigenvalue weighted by atomic mass is 10.00. The average molecular weight is 317 g/mol. The van der Waals surface area contributed by atoms with Crippen LogP contribution in [0.1, 0.15) is 43.4 Å². The molecule has 1 aromatic carbocycles. The van der Waals surface area contributed by atoms with Crippen molar-refractivity contribution in [3.8, 4) is 0 Å². The van der Waals surface area contributed by atoms with Crippen molar-refractivity contribution in [1.82, 2.24) is 15.5 Å². The average Bonchev–Trinajstić information content (AvgIpc) is 2.54. The number of nitrogens with zero attached hydrogens (tertiary/aromatic N) is 1. The van der Waals surface area contributed by atoms with Gasteiger partial charge in [0, 0.05) is 26.1 Å². The van der Waals surface area contributed by atoms with Crippen LogP contribution in [0.2, 0.25) is 0 Å². The topological polar surface area (TPSA) is 61.4 Å². The Morgan fingerprint density at radius 1 is 1.30 bits per heavy atom. The number of hydrogen-bond donors (Lipinski definition) is 2. The van der Waals surface area contributed by atoms with Crippen molar-refractivity contribution in [2.75, 3.05) is 20.1 Å². The summed E-state index contributed by atoms with van der Waals surface area (Å²) < 4.78 is 0. The lowest BCUT2D eigenvalue weighted by molar-refractivity contribution is -0.133. The summed E-state index contributed by atoms with van der Waals surface area (Å²) in [5, 5.41) is 6.16. The number of rotatable bonds is 5. The molecule has 2 atom stereocenters. The van der Waals surface area contributed by atoms with E-state index in [0.717, 1.165) is 37.1 Å². The molecular formula is C18H27N3O2. The molecule has 126 valence electrons. The normalized spacial score (nSPS) is 19.3. The Morgan fingerprint density at radius 2 is 2.00 bits per heavy atom. The summed E-state index contributed by atoms with van der Waals surface area (Å²) in [6.45, 7) is 5.06. The van der Waals surface area contributed by atoms with Gasteiger partial charge in [-0.3, -0.25) is 9.59 Å². The van der Waals surface area contributed by atoms with Crippen LogP contribution in [-0.4, -0.2) is 42.9 Å². The second-order valence-electron chi connectivity index (χ2n) is 6.34. The number of nitrogens with one attached hydrogen (secondary N) is 2. The monoisotopic (exact) mass is 317 g/mol. The smallest absolute Gasteiger partial charge is 0.225 e. The van der Waals surface area contributed by atoms with Crippen LogP contribution in [0.25, 0.3) is 0 Å². The van der Waals surface area contributed by atoms with E-state index in [4.69, 9.17) is 0 Å². The molecule has 2 N–H and O–H groups in total. The molecule has 1 saturated heterocycles. The molecule has 0 saturated carbocycles. The first-order valence-electron chi connectivity index (χ1n) is 8.28. The molecule has 0 aromatic heterocycles. The predicted molar refractivity (Wildman–Crippen MR) is 91.0 cm³/mol. The van der Waals surface area contributed by atoms with Crippen LogP contribution < -0.4 is 10.6 Å². The lowest BCUT2D eigenvalue weighted by Crippen LogP contribution is -2.47. The van der Waals surface area contributed by atoms with Crippen molar-refractivity contribution in [1.29, 1.82) is 0 Å². The summed E-state index contributed by atoms with van der Waals surface area (Å²) in [4.78, 5) is 26.1. The van der Waals surface area contributed by atoms with Crippen molar-refractivity contribution < 1.29 is 9.59 Å². The van der Waals surface area contributed by atoms with E-state index in [9.17, 15) is 9.59 Å². The van der Waals surface area contributed by atoms with Crippen LogP contribution in [0.3, 0.4) is 0 Å². The first-order valence-corrected chi connectivity index (χ1v) is 8.28. The molecule has 2 amide bonds. The zero-order valence-electron chi connectivity index (χ0n) is 14.3. The number of carbonyl (C=O) groups is 2. The molecule has 1 aromatic rings. The highest BCUT2D eigenvalue weighted by Gasteiger charge is 2.25. The largest absolute Gasteiger partial charge is 0.349 e. The number of amides is 2.